The summed E-state index contributed by atoms with van der Waals surface area (Å²) in [5.41, 5.74) is -0.716. The maximum Gasteiger partial charge on any atom is 0.412 e. The largest absolute Gasteiger partial charge is 0.506 e. The number of hydrogen-bond donors (Lipinski definition) is 3. The van der Waals surface area contributed by atoms with Gasteiger partial charge in [0.1, 0.15) is 11.4 Å². The number of phenolic OH excluding ortho intramolecular Hbond substituents is 1. The number of aromatic hydroxyl groups is 1. The van der Waals surface area contributed by atoms with Crippen LogP contribution in [0.3, 0.4) is 0 Å². The Labute approximate surface area is 130 Å². The van der Waals surface area contributed by atoms with Gasteiger partial charge in [-0.05, 0) is 58.7 Å². The molecule has 0 aliphatic rings. The molecular formula is C16H23NO5. The van der Waals surface area contributed by atoms with Crippen LogP contribution in [-0.2, 0) is 16.0 Å². The number of benzene rings is 1. The van der Waals surface area contributed by atoms with E-state index in [1.807, 2.05) is 0 Å². The molecular weight excluding hydrogens is 286 g/mol. The zero-order chi connectivity index (χ0) is 17.1. The number of carboxylic acid groups (broad SMARTS) is 1. The topological polar surface area (TPSA) is 95.9 Å². The van der Waals surface area contributed by atoms with E-state index in [2.05, 4.69) is 5.32 Å². The van der Waals surface area contributed by atoms with Gasteiger partial charge in [0, 0.05) is 0 Å². The average Bonchev–Trinajstić information content (AvgIpc) is 2.30. The molecule has 0 aliphatic carbocycles. The van der Waals surface area contributed by atoms with E-state index in [0.29, 0.717) is 5.56 Å². The number of ether oxygens (including phenoxy) is 1. The summed E-state index contributed by atoms with van der Waals surface area (Å²) in [7, 11) is 0. The number of rotatable bonds is 4. The Morgan fingerprint density at radius 3 is 2.27 bits per heavy atom. The van der Waals surface area contributed by atoms with Crippen molar-refractivity contribution in [1.29, 1.82) is 0 Å². The van der Waals surface area contributed by atoms with Crippen LogP contribution in [0.1, 0.15) is 40.2 Å². The van der Waals surface area contributed by atoms with Crippen LogP contribution < -0.4 is 5.32 Å². The van der Waals surface area contributed by atoms with E-state index in [0.717, 1.165) is 0 Å². The van der Waals surface area contributed by atoms with Gasteiger partial charge in [0.05, 0.1) is 11.1 Å². The molecule has 0 radical (unpaired) electrons. The van der Waals surface area contributed by atoms with E-state index in [9.17, 15) is 14.7 Å². The average molecular weight is 309 g/mol. The van der Waals surface area contributed by atoms with Gasteiger partial charge >= 0.3 is 12.1 Å². The molecule has 0 bridgehead atoms. The minimum absolute atomic E-state index is 0.109. The van der Waals surface area contributed by atoms with Crippen molar-refractivity contribution in [2.24, 2.45) is 5.41 Å². The second kappa shape index (κ2) is 6.25. The molecule has 1 rings (SSSR count). The molecule has 122 valence electrons. The molecule has 1 aromatic carbocycles. The van der Waals surface area contributed by atoms with E-state index in [1.165, 1.54) is 6.07 Å². The third kappa shape index (κ3) is 5.27. The predicted octanol–water partition coefficient (Wildman–Crippen LogP) is 3.39. The van der Waals surface area contributed by atoms with Gasteiger partial charge in [-0.1, -0.05) is 6.07 Å². The van der Waals surface area contributed by atoms with Crippen molar-refractivity contribution in [2.75, 3.05) is 5.32 Å². The molecule has 1 aromatic rings. The Kier molecular flexibility index (Phi) is 5.06. The molecule has 6 nitrogen and oxygen atoms in total. The number of carbonyl (C=O) groups excluding carboxylic acids is 1. The van der Waals surface area contributed by atoms with Crippen molar-refractivity contribution in [2.45, 2.75) is 46.6 Å². The second-order valence-corrected chi connectivity index (χ2v) is 6.84. The highest BCUT2D eigenvalue weighted by atomic mass is 16.6. The zero-order valence-electron chi connectivity index (χ0n) is 13.6. The highest BCUT2D eigenvalue weighted by molar-refractivity contribution is 5.87. The van der Waals surface area contributed by atoms with Gasteiger partial charge in [-0.15, -0.1) is 0 Å². The monoisotopic (exact) mass is 309 g/mol. The van der Waals surface area contributed by atoms with Crippen LogP contribution in [-0.4, -0.2) is 27.9 Å². The van der Waals surface area contributed by atoms with Gasteiger partial charge in [-0.25, -0.2) is 4.79 Å². The lowest BCUT2D eigenvalue weighted by molar-refractivity contribution is -0.146. The number of anilines is 1. The van der Waals surface area contributed by atoms with Gasteiger partial charge in [0.15, 0.2) is 0 Å². The Hall–Kier alpha value is -2.24. The van der Waals surface area contributed by atoms with Crippen LogP contribution in [0.2, 0.25) is 0 Å². The van der Waals surface area contributed by atoms with Crippen LogP contribution in [0, 0.1) is 5.41 Å². The van der Waals surface area contributed by atoms with Crippen molar-refractivity contribution >= 4 is 17.7 Å². The lowest BCUT2D eigenvalue weighted by Gasteiger charge is -2.21. The smallest absolute Gasteiger partial charge is 0.412 e. The Morgan fingerprint density at radius 2 is 1.77 bits per heavy atom. The van der Waals surface area contributed by atoms with Crippen molar-refractivity contribution < 1.29 is 24.5 Å². The molecule has 0 aromatic heterocycles. The molecule has 0 saturated carbocycles. The summed E-state index contributed by atoms with van der Waals surface area (Å²) in [5.74, 6) is -1.02. The van der Waals surface area contributed by atoms with E-state index in [1.54, 1.807) is 46.8 Å². The first-order valence-corrected chi connectivity index (χ1v) is 6.96. The number of nitrogens with one attached hydrogen (secondary N) is 1. The summed E-state index contributed by atoms with van der Waals surface area (Å²) in [6.07, 6.45) is -0.413. The van der Waals surface area contributed by atoms with E-state index in [-0.39, 0.29) is 17.9 Å². The molecule has 0 spiro atoms. The van der Waals surface area contributed by atoms with Gasteiger partial charge < -0.3 is 14.9 Å². The summed E-state index contributed by atoms with van der Waals surface area (Å²) in [6, 6.07) is 4.59. The maximum atomic E-state index is 11.7. The van der Waals surface area contributed by atoms with Gasteiger partial charge in [0.25, 0.3) is 0 Å². The van der Waals surface area contributed by atoms with Crippen molar-refractivity contribution in [1.82, 2.24) is 0 Å². The minimum Gasteiger partial charge on any atom is -0.506 e. The first-order chi connectivity index (χ1) is 9.90. The van der Waals surface area contributed by atoms with E-state index >= 15 is 0 Å². The second-order valence-electron chi connectivity index (χ2n) is 6.84. The molecule has 0 heterocycles. The highest BCUT2D eigenvalue weighted by Gasteiger charge is 2.27. The number of carbonyl (C=O) groups is 2. The summed E-state index contributed by atoms with van der Waals surface area (Å²) in [4.78, 5) is 22.9. The van der Waals surface area contributed by atoms with Crippen molar-refractivity contribution in [3.8, 4) is 5.75 Å². The van der Waals surface area contributed by atoms with Gasteiger partial charge in [-0.2, -0.15) is 0 Å². The van der Waals surface area contributed by atoms with Crippen LogP contribution >= 0.6 is 0 Å². The number of hydrogen-bond acceptors (Lipinski definition) is 4. The molecule has 3 N–H and O–H groups in total. The molecule has 1 amide bonds. The first kappa shape index (κ1) is 17.8. The van der Waals surface area contributed by atoms with Crippen molar-refractivity contribution in [3.05, 3.63) is 23.8 Å². The normalized spacial score (nSPS) is 11.9. The Morgan fingerprint density at radius 1 is 1.18 bits per heavy atom. The molecule has 0 atom stereocenters. The summed E-state index contributed by atoms with van der Waals surface area (Å²) < 4.78 is 5.12. The van der Waals surface area contributed by atoms with Gasteiger partial charge in [0.2, 0.25) is 0 Å². The van der Waals surface area contributed by atoms with Crippen molar-refractivity contribution in [3.63, 3.8) is 0 Å². The highest BCUT2D eigenvalue weighted by Crippen LogP contribution is 2.29. The number of aliphatic carboxylic acids is 1. The fourth-order valence-electron chi connectivity index (χ4n) is 1.79. The number of phenols is 1. The van der Waals surface area contributed by atoms with Crippen LogP contribution in [0.4, 0.5) is 10.5 Å². The lowest BCUT2D eigenvalue weighted by atomic mass is 9.86. The molecule has 22 heavy (non-hydrogen) atoms. The van der Waals surface area contributed by atoms with Crippen LogP contribution in [0.5, 0.6) is 5.75 Å². The van der Waals surface area contributed by atoms with E-state index in [4.69, 9.17) is 9.84 Å². The molecule has 0 unspecified atom stereocenters. The summed E-state index contributed by atoms with van der Waals surface area (Å²) in [6.45, 7) is 8.43. The zero-order valence-corrected chi connectivity index (χ0v) is 13.6. The SMILES string of the molecule is CC(C)(C)OC(=O)Nc1cc(CC(C)(C)C(=O)O)ccc1O. The third-order valence-corrected chi connectivity index (χ3v) is 2.92. The molecule has 6 heteroatoms. The summed E-state index contributed by atoms with van der Waals surface area (Å²) >= 11 is 0. The number of amides is 1. The van der Waals surface area contributed by atoms with Gasteiger partial charge in [-0.3, -0.25) is 10.1 Å². The lowest BCUT2D eigenvalue weighted by Crippen LogP contribution is -2.27. The summed E-state index contributed by atoms with van der Waals surface area (Å²) in [5, 5.41) is 21.4. The fourth-order valence-corrected chi connectivity index (χ4v) is 1.79. The minimum atomic E-state index is -0.944. The fraction of sp³-hybridized carbons (Fsp3) is 0.500. The van der Waals surface area contributed by atoms with E-state index < -0.39 is 23.1 Å². The quantitative estimate of drug-likeness (QED) is 0.741. The van der Waals surface area contributed by atoms with Crippen LogP contribution in [0.15, 0.2) is 18.2 Å². The third-order valence-electron chi connectivity index (χ3n) is 2.92. The Balaban J connectivity index is 2.91. The molecule has 0 aliphatic heterocycles. The maximum absolute atomic E-state index is 11.7. The first-order valence-electron chi connectivity index (χ1n) is 6.96. The molecule has 0 saturated heterocycles. The van der Waals surface area contributed by atoms with Crippen LogP contribution in [0.25, 0.3) is 0 Å². The Bertz CT molecular complexity index is 572. The predicted molar refractivity (Wildman–Crippen MR) is 83.1 cm³/mol. The standard InChI is InChI=1S/C16H23NO5/c1-15(2,3)22-14(21)17-11-8-10(6-7-12(11)18)9-16(4,5)13(19)20/h6-8,18H,9H2,1-5H3,(H,17,21)(H,19,20). The molecule has 0 fully saturated rings. The number of carboxylic acids is 1.